The van der Waals surface area contributed by atoms with E-state index in [0.29, 0.717) is 6.61 Å². The maximum absolute atomic E-state index is 10.0. The van der Waals surface area contributed by atoms with Crippen molar-refractivity contribution in [3.05, 3.63) is 65.2 Å². The van der Waals surface area contributed by atoms with E-state index in [0.717, 1.165) is 41.7 Å². The number of hydrogen-bond donors (Lipinski definition) is 1. The van der Waals surface area contributed by atoms with E-state index in [1.54, 1.807) is 0 Å². The van der Waals surface area contributed by atoms with Crippen LogP contribution in [0.3, 0.4) is 0 Å². The van der Waals surface area contributed by atoms with Crippen molar-refractivity contribution in [1.29, 1.82) is 0 Å². The van der Waals surface area contributed by atoms with Crippen molar-refractivity contribution in [3.63, 3.8) is 0 Å². The molecule has 0 saturated carbocycles. The fourth-order valence-electron chi connectivity index (χ4n) is 2.70. The summed E-state index contributed by atoms with van der Waals surface area (Å²) in [5, 5.41) is 10.0. The van der Waals surface area contributed by atoms with Gasteiger partial charge in [0.05, 0.1) is 6.10 Å². The summed E-state index contributed by atoms with van der Waals surface area (Å²) < 4.78 is 5.79. The summed E-state index contributed by atoms with van der Waals surface area (Å²) in [6, 6.07) is 15.8. The van der Waals surface area contributed by atoms with E-state index in [1.807, 2.05) is 48.5 Å². The summed E-state index contributed by atoms with van der Waals surface area (Å²) in [6.45, 7) is 0.363. The zero-order valence-electron chi connectivity index (χ0n) is 11.9. The lowest BCUT2D eigenvalue weighted by molar-refractivity contribution is 0.155. The molecule has 0 radical (unpaired) electrons. The Kier molecular flexibility index (Phi) is 4.23. The van der Waals surface area contributed by atoms with Crippen LogP contribution in [0.15, 0.2) is 48.5 Å². The highest BCUT2D eigenvalue weighted by molar-refractivity contribution is 5.43. The molecule has 0 bridgehead atoms. The van der Waals surface area contributed by atoms with E-state index in [-0.39, 0.29) is 6.10 Å². The molecular weight excluding hydrogens is 260 g/mol. The Morgan fingerprint density at radius 1 is 1.10 bits per heavy atom. The smallest absolute Gasteiger partial charge is 0.149 e. The van der Waals surface area contributed by atoms with Crippen LogP contribution in [-0.4, -0.2) is 11.7 Å². The highest BCUT2D eigenvalue weighted by atomic mass is 16.5. The van der Waals surface area contributed by atoms with Crippen LogP contribution in [-0.2, 0) is 6.42 Å². The molecule has 0 amide bonds. The second-order valence-corrected chi connectivity index (χ2v) is 5.19. The summed E-state index contributed by atoms with van der Waals surface area (Å²) >= 11 is 0. The van der Waals surface area contributed by atoms with Gasteiger partial charge >= 0.3 is 0 Å². The lowest BCUT2D eigenvalue weighted by Gasteiger charge is -2.23. The van der Waals surface area contributed by atoms with E-state index in [4.69, 9.17) is 4.74 Å². The number of fused-ring (bicyclic) bond motifs is 1. The fourth-order valence-corrected chi connectivity index (χ4v) is 2.70. The predicted octanol–water partition coefficient (Wildman–Crippen LogP) is 3.49. The van der Waals surface area contributed by atoms with Crippen LogP contribution in [0.2, 0.25) is 0 Å². The van der Waals surface area contributed by atoms with Gasteiger partial charge in [-0.05, 0) is 48.6 Å². The first-order chi connectivity index (χ1) is 10.3. The molecule has 0 saturated heterocycles. The van der Waals surface area contributed by atoms with Gasteiger partial charge in [0.2, 0.25) is 0 Å². The molecule has 21 heavy (non-hydrogen) atoms. The van der Waals surface area contributed by atoms with Crippen LogP contribution in [0.4, 0.5) is 0 Å². The number of benzene rings is 2. The average Bonchev–Trinajstić information content (AvgIpc) is 2.53. The Hall–Kier alpha value is -2.24. The van der Waals surface area contributed by atoms with Gasteiger partial charge in [-0.25, -0.2) is 0 Å². The molecule has 1 unspecified atom stereocenters. The molecule has 2 aromatic rings. The third-order valence-electron chi connectivity index (χ3n) is 3.74. The molecule has 106 valence electrons. The summed E-state index contributed by atoms with van der Waals surface area (Å²) in [5.74, 6) is 6.97. The Morgan fingerprint density at radius 3 is 2.81 bits per heavy atom. The zero-order chi connectivity index (χ0) is 14.5. The lowest BCUT2D eigenvalue weighted by atomic mass is 9.89. The lowest BCUT2D eigenvalue weighted by Crippen LogP contribution is -2.11. The second kappa shape index (κ2) is 6.47. The largest absolute Gasteiger partial charge is 0.481 e. The molecular formula is C19H18O2. The van der Waals surface area contributed by atoms with Gasteiger partial charge < -0.3 is 9.84 Å². The van der Waals surface area contributed by atoms with Gasteiger partial charge in [0.1, 0.15) is 12.4 Å². The van der Waals surface area contributed by atoms with Crippen molar-refractivity contribution in [2.24, 2.45) is 0 Å². The minimum Gasteiger partial charge on any atom is -0.481 e. The maximum atomic E-state index is 10.0. The second-order valence-electron chi connectivity index (χ2n) is 5.19. The highest BCUT2D eigenvalue weighted by Gasteiger charge is 2.20. The number of hydrogen-bond acceptors (Lipinski definition) is 2. The Morgan fingerprint density at radius 2 is 1.95 bits per heavy atom. The van der Waals surface area contributed by atoms with E-state index < -0.39 is 0 Å². The first-order valence-electron chi connectivity index (χ1n) is 7.31. The molecule has 2 nitrogen and oxygen atoms in total. The normalized spacial score (nSPS) is 16.5. The van der Waals surface area contributed by atoms with Crippen LogP contribution in [0.1, 0.15) is 35.6 Å². The van der Waals surface area contributed by atoms with Crippen molar-refractivity contribution in [2.75, 3.05) is 6.61 Å². The number of aliphatic hydroxyl groups excluding tert-OH is 1. The monoisotopic (exact) mass is 278 g/mol. The molecule has 1 atom stereocenters. The molecule has 0 aromatic heterocycles. The van der Waals surface area contributed by atoms with Crippen molar-refractivity contribution in [2.45, 2.75) is 25.4 Å². The SMILES string of the molecule is OC1CCCc2c(OCC#Cc3ccccc3)cccc21. The van der Waals surface area contributed by atoms with Crippen LogP contribution in [0.25, 0.3) is 0 Å². The van der Waals surface area contributed by atoms with E-state index in [2.05, 4.69) is 11.8 Å². The van der Waals surface area contributed by atoms with E-state index in [1.165, 1.54) is 0 Å². The van der Waals surface area contributed by atoms with Crippen molar-refractivity contribution >= 4 is 0 Å². The van der Waals surface area contributed by atoms with Crippen LogP contribution in [0.5, 0.6) is 5.75 Å². The average molecular weight is 278 g/mol. The quantitative estimate of drug-likeness (QED) is 0.852. The van der Waals surface area contributed by atoms with E-state index >= 15 is 0 Å². The summed E-state index contributed by atoms with van der Waals surface area (Å²) in [5.41, 5.74) is 3.14. The van der Waals surface area contributed by atoms with Gasteiger partial charge in [-0.1, -0.05) is 42.2 Å². The number of ether oxygens (including phenoxy) is 1. The van der Waals surface area contributed by atoms with Crippen molar-refractivity contribution in [3.8, 4) is 17.6 Å². The summed E-state index contributed by atoms with van der Waals surface area (Å²) in [4.78, 5) is 0. The first kappa shape index (κ1) is 13.7. The van der Waals surface area contributed by atoms with Crippen molar-refractivity contribution in [1.82, 2.24) is 0 Å². The molecule has 1 aliphatic carbocycles. The zero-order valence-corrected chi connectivity index (χ0v) is 11.9. The third kappa shape index (κ3) is 3.26. The molecule has 0 spiro atoms. The van der Waals surface area contributed by atoms with Gasteiger partial charge in [0.25, 0.3) is 0 Å². The van der Waals surface area contributed by atoms with Crippen LogP contribution < -0.4 is 4.74 Å². The third-order valence-corrected chi connectivity index (χ3v) is 3.74. The summed E-state index contributed by atoms with van der Waals surface area (Å²) in [7, 11) is 0. The Labute approximate surface area is 125 Å². The van der Waals surface area contributed by atoms with Crippen LogP contribution in [0, 0.1) is 11.8 Å². The molecule has 2 heteroatoms. The Balaban J connectivity index is 1.69. The molecule has 2 aromatic carbocycles. The molecule has 3 rings (SSSR count). The van der Waals surface area contributed by atoms with Crippen molar-refractivity contribution < 1.29 is 9.84 Å². The standard InChI is InChI=1S/C19H18O2/c20-18-12-4-11-17-16(18)10-5-13-19(17)21-14-6-9-15-7-2-1-3-8-15/h1-3,5,7-8,10,13,18,20H,4,11-12,14H2. The first-order valence-corrected chi connectivity index (χ1v) is 7.31. The van der Waals surface area contributed by atoms with Gasteiger partial charge in [-0.3, -0.25) is 0 Å². The minimum atomic E-state index is -0.354. The van der Waals surface area contributed by atoms with Gasteiger partial charge in [-0.2, -0.15) is 0 Å². The molecule has 0 aliphatic heterocycles. The summed E-state index contributed by atoms with van der Waals surface area (Å²) in [6.07, 6.45) is 2.45. The minimum absolute atomic E-state index is 0.354. The highest BCUT2D eigenvalue weighted by Crippen LogP contribution is 2.35. The predicted molar refractivity (Wildman–Crippen MR) is 83.2 cm³/mol. The number of aliphatic hydroxyl groups is 1. The van der Waals surface area contributed by atoms with Gasteiger partial charge in [0, 0.05) is 5.56 Å². The topological polar surface area (TPSA) is 29.5 Å². The van der Waals surface area contributed by atoms with Gasteiger partial charge in [-0.15, -0.1) is 0 Å². The molecule has 1 aliphatic rings. The fraction of sp³-hybridized carbons (Fsp3) is 0.263. The van der Waals surface area contributed by atoms with Gasteiger partial charge in [0.15, 0.2) is 0 Å². The Bertz CT molecular complexity index is 665. The van der Waals surface area contributed by atoms with E-state index in [9.17, 15) is 5.11 Å². The number of rotatable bonds is 2. The molecule has 0 heterocycles. The van der Waals surface area contributed by atoms with Crippen LogP contribution >= 0.6 is 0 Å². The molecule has 0 fully saturated rings. The molecule has 1 N–H and O–H groups in total. The maximum Gasteiger partial charge on any atom is 0.149 e.